The fourth-order valence-corrected chi connectivity index (χ4v) is 1.68. The van der Waals surface area contributed by atoms with Gasteiger partial charge in [-0.3, -0.25) is 4.90 Å². The lowest BCUT2D eigenvalue weighted by Gasteiger charge is -2.16. The van der Waals surface area contributed by atoms with Gasteiger partial charge in [-0.2, -0.15) is 5.26 Å². The Balaban J connectivity index is 2.28. The first kappa shape index (κ1) is 11.3. The average Bonchev–Trinajstić information content (AvgIpc) is 2.72. The predicted octanol–water partition coefficient (Wildman–Crippen LogP) is 1.93. The van der Waals surface area contributed by atoms with Crippen LogP contribution < -0.4 is 9.64 Å². The second-order valence-electron chi connectivity index (χ2n) is 3.51. The summed E-state index contributed by atoms with van der Waals surface area (Å²) in [6, 6.07) is 9.11. The maximum absolute atomic E-state index is 11.6. The number of hydrogen-bond acceptors (Lipinski definition) is 4. The summed E-state index contributed by atoms with van der Waals surface area (Å²) in [6.45, 7) is 2.62. The van der Waals surface area contributed by atoms with E-state index >= 15 is 0 Å². The highest BCUT2D eigenvalue weighted by Gasteiger charge is 2.33. The zero-order chi connectivity index (χ0) is 12.3. The summed E-state index contributed by atoms with van der Waals surface area (Å²) in [5, 5.41) is 8.74. The number of nitriles is 1. The molecule has 1 aromatic carbocycles. The van der Waals surface area contributed by atoms with E-state index in [1.807, 2.05) is 25.1 Å². The Morgan fingerprint density at radius 2 is 2.35 bits per heavy atom. The highest BCUT2D eigenvalue weighted by Crippen LogP contribution is 2.31. The van der Waals surface area contributed by atoms with Crippen molar-refractivity contribution in [1.82, 2.24) is 0 Å². The first-order chi connectivity index (χ1) is 8.26. The number of anilines is 1. The van der Waals surface area contributed by atoms with Crippen LogP contribution in [-0.4, -0.2) is 25.3 Å². The molecule has 1 saturated heterocycles. The van der Waals surface area contributed by atoms with Crippen LogP contribution in [0.15, 0.2) is 24.3 Å². The fraction of sp³-hybridized carbons (Fsp3) is 0.333. The van der Waals surface area contributed by atoms with Crippen molar-refractivity contribution in [1.29, 1.82) is 5.26 Å². The van der Waals surface area contributed by atoms with E-state index < -0.39 is 12.2 Å². The number of rotatable bonds is 3. The molecule has 5 nitrogen and oxygen atoms in total. The average molecular weight is 232 g/mol. The van der Waals surface area contributed by atoms with E-state index in [1.54, 1.807) is 12.1 Å². The van der Waals surface area contributed by atoms with Crippen molar-refractivity contribution >= 4 is 11.8 Å². The summed E-state index contributed by atoms with van der Waals surface area (Å²) in [4.78, 5) is 13.0. The maximum atomic E-state index is 11.6. The third-order valence-corrected chi connectivity index (χ3v) is 2.41. The van der Waals surface area contributed by atoms with Crippen molar-refractivity contribution in [2.75, 3.05) is 18.1 Å². The SMILES string of the molecule is CCOc1ccccc1N1CC(C#N)OC1=O. The van der Waals surface area contributed by atoms with Crippen LogP contribution in [-0.2, 0) is 4.74 Å². The van der Waals surface area contributed by atoms with Gasteiger partial charge in [-0.1, -0.05) is 12.1 Å². The quantitative estimate of drug-likeness (QED) is 0.798. The molecule has 0 radical (unpaired) electrons. The van der Waals surface area contributed by atoms with E-state index in [0.29, 0.717) is 18.0 Å². The lowest BCUT2D eigenvalue weighted by Crippen LogP contribution is -2.24. The Kier molecular flexibility index (Phi) is 3.15. The molecule has 1 amide bonds. The third-order valence-electron chi connectivity index (χ3n) is 2.41. The Morgan fingerprint density at radius 1 is 1.59 bits per heavy atom. The summed E-state index contributed by atoms with van der Waals surface area (Å²) in [5.41, 5.74) is 0.636. The van der Waals surface area contributed by atoms with Crippen LogP contribution in [0.2, 0.25) is 0 Å². The van der Waals surface area contributed by atoms with Gasteiger partial charge < -0.3 is 9.47 Å². The molecule has 1 fully saturated rings. The topological polar surface area (TPSA) is 62.6 Å². The van der Waals surface area contributed by atoms with Gasteiger partial charge in [0.25, 0.3) is 0 Å². The molecule has 2 rings (SSSR count). The van der Waals surface area contributed by atoms with Crippen LogP contribution in [0.25, 0.3) is 0 Å². The van der Waals surface area contributed by atoms with Gasteiger partial charge in [0.2, 0.25) is 6.10 Å². The summed E-state index contributed by atoms with van der Waals surface area (Å²) in [7, 11) is 0. The third kappa shape index (κ3) is 2.16. The highest BCUT2D eigenvalue weighted by molar-refractivity contribution is 5.91. The lowest BCUT2D eigenvalue weighted by molar-refractivity contribution is 0.162. The summed E-state index contributed by atoms with van der Waals surface area (Å²) < 4.78 is 10.3. The number of amides is 1. The molecule has 17 heavy (non-hydrogen) atoms. The molecule has 5 heteroatoms. The molecule has 0 aliphatic carbocycles. The molecule has 1 aliphatic heterocycles. The van der Waals surface area contributed by atoms with Crippen LogP contribution in [0.3, 0.4) is 0 Å². The van der Waals surface area contributed by atoms with Crippen molar-refractivity contribution in [2.45, 2.75) is 13.0 Å². The van der Waals surface area contributed by atoms with Crippen LogP contribution in [0, 0.1) is 11.3 Å². The van der Waals surface area contributed by atoms with Gasteiger partial charge in [0, 0.05) is 0 Å². The van der Waals surface area contributed by atoms with Crippen LogP contribution in [0.1, 0.15) is 6.92 Å². The van der Waals surface area contributed by atoms with E-state index in [4.69, 9.17) is 14.7 Å². The number of para-hydroxylation sites is 2. The second kappa shape index (κ2) is 4.74. The molecule has 1 atom stereocenters. The van der Waals surface area contributed by atoms with Gasteiger partial charge in [0.05, 0.1) is 18.8 Å². The lowest BCUT2D eigenvalue weighted by atomic mass is 10.2. The first-order valence-corrected chi connectivity index (χ1v) is 5.36. The van der Waals surface area contributed by atoms with Crippen LogP contribution >= 0.6 is 0 Å². The molecule has 1 aliphatic rings. The van der Waals surface area contributed by atoms with Crippen molar-refractivity contribution in [3.8, 4) is 11.8 Å². The Hall–Kier alpha value is -2.22. The van der Waals surface area contributed by atoms with Crippen molar-refractivity contribution in [3.63, 3.8) is 0 Å². The van der Waals surface area contributed by atoms with E-state index in [9.17, 15) is 4.79 Å². The summed E-state index contributed by atoms with van der Waals surface area (Å²) >= 11 is 0. The Bertz CT molecular complexity index is 467. The normalized spacial score (nSPS) is 18.7. The molecule has 0 spiro atoms. The Labute approximate surface area is 99.2 Å². The largest absolute Gasteiger partial charge is 0.492 e. The number of benzene rings is 1. The molecule has 0 N–H and O–H groups in total. The van der Waals surface area contributed by atoms with Crippen molar-refractivity contribution in [2.24, 2.45) is 0 Å². The van der Waals surface area contributed by atoms with E-state index in [2.05, 4.69) is 0 Å². The summed E-state index contributed by atoms with van der Waals surface area (Å²) in [5.74, 6) is 0.616. The van der Waals surface area contributed by atoms with Crippen LogP contribution in [0.5, 0.6) is 5.75 Å². The summed E-state index contributed by atoms with van der Waals surface area (Å²) in [6.07, 6.45) is -1.22. The number of nitrogens with zero attached hydrogens (tertiary/aromatic N) is 2. The minimum atomic E-state index is -0.711. The first-order valence-electron chi connectivity index (χ1n) is 5.36. The molecule has 1 heterocycles. The number of ether oxygens (including phenoxy) is 2. The van der Waals surface area contributed by atoms with Gasteiger partial charge in [-0.15, -0.1) is 0 Å². The van der Waals surface area contributed by atoms with Crippen molar-refractivity contribution in [3.05, 3.63) is 24.3 Å². The molecule has 0 bridgehead atoms. The number of hydrogen-bond donors (Lipinski definition) is 0. The predicted molar refractivity (Wildman–Crippen MR) is 60.8 cm³/mol. The molecule has 88 valence electrons. The van der Waals surface area contributed by atoms with Crippen LogP contribution in [0.4, 0.5) is 10.5 Å². The maximum Gasteiger partial charge on any atom is 0.415 e. The molecule has 1 aromatic rings. The standard InChI is InChI=1S/C12H12N2O3/c1-2-16-11-6-4-3-5-10(11)14-8-9(7-13)17-12(14)15/h3-6,9H,2,8H2,1H3. The van der Waals surface area contributed by atoms with E-state index in [-0.39, 0.29) is 6.54 Å². The molecule has 0 aromatic heterocycles. The molecule has 0 saturated carbocycles. The molecular weight excluding hydrogens is 220 g/mol. The second-order valence-corrected chi connectivity index (χ2v) is 3.51. The van der Waals surface area contributed by atoms with Gasteiger partial charge in [-0.25, -0.2) is 4.79 Å². The zero-order valence-electron chi connectivity index (χ0n) is 9.42. The monoisotopic (exact) mass is 232 g/mol. The Morgan fingerprint density at radius 3 is 3.00 bits per heavy atom. The molecule has 1 unspecified atom stereocenters. The van der Waals surface area contributed by atoms with Gasteiger partial charge >= 0.3 is 6.09 Å². The van der Waals surface area contributed by atoms with E-state index in [0.717, 1.165) is 0 Å². The van der Waals surface area contributed by atoms with Gasteiger partial charge in [-0.05, 0) is 19.1 Å². The van der Waals surface area contributed by atoms with Crippen molar-refractivity contribution < 1.29 is 14.3 Å². The van der Waals surface area contributed by atoms with Gasteiger partial charge in [0.15, 0.2) is 0 Å². The number of cyclic esters (lactones) is 1. The zero-order valence-corrected chi connectivity index (χ0v) is 9.42. The number of carbonyl (C=O) groups excluding carboxylic acids is 1. The minimum absolute atomic E-state index is 0.236. The van der Waals surface area contributed by atoms with Gasteiger partial charge in [0.1, 0.15) is 11.8 Å². The highest BCUT2D eigenvalue weighted by atomic mass is 16.6. The smallest absolute Gasteiger partial charge is 0.415 e. The minimum Gasteiger partial charge on any atom is -0.492 e. The number of carbonyl (C=O) groups is 1. The fourth-order valence-electron chi connectivity index (χ4n) is 1.68. The van der Waals surface area contributed by atoms with E-state index in [1.165, 1.54) is 4.90 Å². The molecular formula is C12H12N2O3.